The van der Waals surface area contributed by atoms with Crippen molar-refractivity contribution in [2.75, 3.05) is 19.6 Å². The number of aryl methyl sites for hydroxylation is 1. The highest BCUT2D eigenvalue weighted by Crippen LogP contribution is 2.45. The largest absolute Gasteiger partial charge is 0.435 e. The van der Waals surface area contributed by atoms with E-state index in [0.717, 1.165) is 62.9 Å². The Morgan fingerprint density at radius 3 is 2.56 bits per heavy atom. The minimum Gasteiger partial charge on any atom is -0.435 e. The fraction of sp³-hybridized carbons (Fsp3) is 0.400. The number of hydrogen-bond acceptors (Lipinski definition) is 3. The molecule has 1 saturated heterocycles. The molecular weight excluding hydrogens is 412 g/mol. The third kappa shape index (κ3) is 3.64. The molecule has 32 heavy (non-hydrogen) atoms. The predicted octanol–water partition coefficient (Wildman–Crippen LogP) is 4.58. The summed E-state index contributed by atoms with van der Waals surface area (Å²) >= 11 is 0. The van der Waals surface area contributed by atoms with E-state index in [4.69, 9.17) is 0 Å². The number of aromatic amines is 1. The molecule has 5 rings (SSSR count). The average Bonchev–Trinajstić information content (AvgIpc) is 3.15. The third-order valence-electron chi connectivity index (χ3n) is 7.04. The summed E-state index contributed by atoms with van der Waals surface area (Å²) in [7, 11) is 0. The fourth-order valence-corrected chi connectivity index (χ4v) is 5.41. The number of fused-ring (bicyclic) bond motifs is 4. The molecule has 0 bridgehead atoms. The highest BCUT2D eigenvalue weighted by Gasteiger charge is 2.46. The zero-order valence-electron chi connectivity index (χ0n) is 18.1. The van der Waals surface area contributed by atoms with E-state index in [0.29, 0.717) is 0 Å². The summed E-state index contributed by atoms with van der Waals surface area (Å²) in [5, 5.41) is 1.28. The Labute approximate surface area is 186 Å². The maximum absolute atomic E-state index is 12.4. The van der Waals surface area contributed by atoms with Crippen molar-refractivity contribution >= 4 is 17.3 Å². The number of benzene rings is 2. The lowest BCUT2D eigenvalue weighted by Gasteiger charge is -2.49. The van der Waals surface area contributed by atoms with Crippen molar-refractivity contribution in [2.24, 2.45) is 0 Å². The molecule has 0 radical (unpaired) electrons. The van der Waals surface area contributed by atoms with Crippen molar-refractivity contribution in [3.8, 4) is 5.75 Å². The van der Waals surface area contributed by atoms with Crippen LogP contribution in [0.15, 0.2) is 42.5 Å². The van der Waals surface area contributed by atoms with Gasteiger partial charge in [-0.15, -0.1) is 0 Å². The second kappa shape index (κ2) is 8.20. The van der Waals surface area contributed by atoms with E-state index in [1.165, 1.54) is 22.2 Å². The first kappa shape index (κ1) is 20.9. The van der Waals surface area contributed by atoms with Crippen LogP contribution >= 0.6 is 0 Å². The van der Waals surface area contributed by atoms with Crippen LogP contribution in [0.5, 0.6) is 5.75 Å². The SMILES string of the molecule is Cc1ccc2[nH]c3c(c2c1)CCN(C=O)C31CCN(Cc2ccc(OC(F)F)cc2)CC1. The van der Waals surface area contributed by atoms with Crippen LogP contribution in [0, 0.1) is 6.92 Å². The van der Waals surface area contributed by atoms with Gasteiger partial charge in [-0.3, -0.25) is 9.69 Å². The Morgan fingerprint density at radius 1 is 1.12 bits per heavy atom. The summed E-state index contributed by atoms with van der Waals surface area (Å²) < 4.78 is 29.2. The summed E-state index contributed by atoms with van der Waals surface area (Å²) in [6, 6.07) is 13.3. The van der Waals surface area contributed by atoms with Gasteiger partial charge >= 0.3 is 6.61 Å². The minimum atomic E-state index is -2.81. The summed E-state index contributed by atoms with van der Waals surface area (Å²) in [4.78, 5) is 20.0. The summed E-state index contributed by atoms with van der Waals surface area (Å²) in [5.74, 6) is 0.173. The summed E-state index contributed by atoms with van der Waals surface area (Å²) in [6.45, 7) is 2.49. The number of likely N-dealkylation sites (tertiary alicyclic amines) is 1. The average molecular weight is 440 g/mol. The highest BCUT2D eigenvalue weighted by molar-refractivity contribution is 5.86. The fourth-order valence-electron chi connectivity index (χ4n) is 5.41. The second-order valence-corrected chi connectivity index (χ2v) is 8.91. The molecule has 2 aromatic carbocycles. The van der Waals surface area contributed by atoms with Crippen molar-refractivity contribution in [1.29, 1.82) is 0 Å². The molecule has 1 spiro atoms. The lowest BCUT2D eigenvalue weighted by atomic mass is 9.77. The zero-order chi connectivity index (χ0) is 22.3. The number of amides is 1. The molecule has 1 aromatic heterocycles. The molecule has 3 heterocycles. The van der Waals surface area contributed by atoms with Gasteiger partial charge in [-0.1, -0.05) is 23.8 Å². The number of carbonyl (C=O) groups is 1. The van der Waals surface area contributed by atoms with E-state index < -0.39 is 6.61 Å². The Bertz CT molecular complexity index is 1120. The van der Waals surface area contributed by atoms with Crippen molar-refractivity contribution in [3.63, 3.8) is 0 Å². The van der Waals surface area contributed by atoms with Gasteiger partial charge in [0.1, 0.15) is 5.75 Å². The van der Waals surface area contributed by atoms with E-state index >= 15 is 0 Å². The maximum Gasteiger partial charge on any atom is 0.387 e. The number of piperidine rings is 1. The monoisotopic (exact) mass is 439 g/mol. The third-order valence-corrected chi connectivity index (χ3v) is 7.04. The molecule has 1 N–H and O–H groups in total. The molecule has 3 aromatic rings. The van der Waals surface area contributed by atoms with Gasteiger partial charge in [0, 0.05) is 42.8 Å². The standard InChI is InChI=1S/C25H27F2N3O2/c1-17-2-7-22-21(14-17)20-8-11-30(16-31)25(23(20)28-22)9-12-29(13-10-25)15-18-3-5-19(6-4-18)32-24(26)27/h2-7,14,16,24,28H,8-13,15H2,1H3. The second-order valence-electron chi connectivity index (χ2n) is 8.91. The van der Waals surface area contributed by atoms with Crippen LogP contribution < -0.4 is 4.74 Å². The highest BCUT2D eigenvalue weighted by atomic mass is 19.3. The van der Waals surface area contributed by atoms with Crippen molar-refractivity contribution in [3.05, 3.63) is 64.8 Å². The first-order chi connectivity index (χ1) is 15.5. The predicted molar refractivity (Wildman–Crippen MR) is 119 cm³/mol. The lowest BCUT2D eigenvalue weighted by Crippen LogP contribution is -2.55. The van der Waals surface area contributed by atoms with Gasteiger partial charge in [0.25, 0.3) is 0 Å². The van der Waals surface area contributed by atoms with Gasteiger partial charge in [0.2, 0.25) is 6.41 Å². The number of H-pyrrole nitrogens is 1. The van der Waals surface area contributed by atoms with Gasteiger partial charge in [-0.25, -0.2) is 0 Å². The van der Waals surface area contributed by atoms with E-state index in [1.54, 1.807) is 12.1 Å². The van der Waals surface area contributed by atoms with E-state index in [-0.39, 0.29) is 11.3 Å². The molecule has 0 aliphatic carbocycles. The van der Waals surface area contributed by atoms with Gasteiger partial charge < -0.3 is 14.6 Å². The van der Waals surface area contributed by atoms with E-state index in [1.807, 2.05) is 17.0 Å². The molecule has 5 nitrogen and oxygen atoms in total. The minimum absolute atomic E-state index is 0.173. The quantitative estimate of drug-likeness (QED) is 0.592. The first-order valence-corrected chi connectivity index (χ1v) is 11.1. The topological polar surface area (TPSA) is 48.6 Å². The Morgan fingerprint density at radius 2 is 1.88 bits per heavy atom. The normalized spacial score (nSPS) is 18.3. The number of hydrogen-bond donors (Lipinski definition) is 1. The zero-order valence-corrected chi connectivity index (χ0v) is 18.1. The number of alkyl halides is 2. The molecule has 1 amide bonds. The van der Waals surface area contributed by atoms with Crippen molar-refractivity contribution < 1.29 is 18.3 Å². The number of ether oxygens (including phenoxy) is 1. The van der Waals surface area contributed by atoms with Gasteiger partial charge in [-0.05, 0) is 61.6 Å². The maximum atomic E-state index is 12.4. The molecular formula is C25H27F2N3O2. The molecule has 2 aliphatic heterocycles. The number of halogens is 2. The molecule has 2 aliphatic rings. The summed E-state index contributed by atoms with van der Waals surface area (Å²) in [6.07, 6.45) is 3.60. The van der Waals surface area contributed by atoms with Gasteiger partial charge in [0.05, 0.1) is 5.54 Å². The van der Waals surface area contributed by atoms with Crippen molar-refractivity contribution in [1.82, 2.24) is 14.8 Å². The Kier molecular flexibility index (Phi) is 5.37. The number of nitrogens with zero attached hydrogens (tertiary/aromatic N) is 2. The first-order valence-electron chi connectivity index (χ1n) is 11.1. The van der Waals surface area contributed by atoms with Crippen LogP contribution in [0.4, 0.5) is 8.78 Å². The molecule has 168 valence electrons. The molecule has 0 atom stereocenters. The molecule has 1 fully saturated rings. The van der Waals surface area contributed by atoms with Crippen LogP contribution in [-0.2, 0) is 23.3 Å². The van der Waals surface area contributed by atoms with E-state index in [2.05, 4.69) is 39.7 Å². The van der Waals surface area contributed by atoms with Crippen LogP contribution in [0.3, 0.4) is 0 Å². The van der Waals surface area contributed by atoms with Crippen molar-refractivity contribution in [2.45, 2.75) is 44.9 Å². The number of aromatic nitrogens is 1. The van der Waals surface area contributed by atoms with Crippen LogP contribution in [0.2, 0.25) is 0 Å². The molecule has 0 saturated carbocycles. The van der Waals surface area contributed by atoms with Crippen LogP contribution in [0.1, 0.15) is 35.2 Å². The number of carbonyl (C=O) groups excluding carboxylic acids is 1. The van der Waals surface area contributed by atoms with Crippen LogP contribution in [-0.4, -0.2) is 47.4 Å². The molecule has 0 unspecified atom stereocenters. The van der Waals surface area contributed by atoms with Crippen LogP contribution in [0.25, 0.3) is 10.9 Å². The summed E-state index contributed by atoms with van der Waals surface area (Å²) in [5.41, 5.74) is 5.69. The Balaban J connectivity index is 1.36. The van der Waals surface area contributed by atoms with E-state index in [9.17, 15) is 13.6 Å². The Hall–Kier alpha value is -2.93. The lowest BCUT2D eigenvalue weighted by molar-refractivity contribution is -0.128. The smallest absolute Gasteiger partial charge is 0.387 e. The van der Waals surface area contributed by atoms with Gasteiger partial charge in [-0.2, -0.15) is 8.78 Å². The molecule has 7 heteroatoms. The van der Waals surface area contributed by atoms with Gasteiger partial charge in [0.15, 0.2) is 0 Å². The number of nitrogens with one attached hydrogen (secondary N) is 1. The number of rotatable bonds is 5.